The van der Waals surface area contributed by atoms with Crippen LogP contribution in [0.4, 0.5) is 5.69 Å². The summed E-state index contributed by atoms with van der Waals surface area (Å²) in [5.41, 5.74) is 2.72. The van der Waals surface area contributed by atoms with E-state index in [9.17, 15) is 19.9 Å². The van der Waals surface area contributed by atoms with Crippen LogP contribution in [0.2, 0.25) is 0 Å². The zero-order valence-corrected chi connectivity index (χ0v) is 22.2. The lowest BCUT2D eigenvalue weighted by molar-refractivity contribution is 0.0524. The largest absolute Gasteiger partial charge is 0.396 e. The van der Waals surface area contributed by atoms with Crippen molar-refractivity contribution in [1.29, 1.82) is 0 Å². The first kappa shape index (κ1) is 26.9. The van der Waals surface area contributed by atoms with Crippen LogP contribution in [0.5, 0.6) is 0 Å². The first-order valence-corrected chi connectivity index (χ1v) is 14.3. The molecular weight excluding hydrogens is 478 g/mol. The minimum absolute atomic E-state index is 0.00586. The smallest absolute Gasteiger partial charge is 0.328 e. The van der Waals surface area contributed by atoms with Gasteiger partial charge < -0.3 is 20.0 Å². The molecule has 0 saturated heterocycles. The number of amides is 1. The maximum atomic E-state index is 12.7. The van der Waals surface area contributed by atoms with E-state index in [2.05, 4.69) is 23.3 Å². The quantitative estimate of drug-likeness (QED) is 0.253. The van der Waals surface area contributed by atoms with E-state index < -0.39 is 12.1 Å². The molecule has 2 N–H and O–H groups in total. The van der Waals surface area contributed by atoms with Gasteiger partial charge in [-0.2, -0.15) is 0 Å². The number of nitroso groups, excluding NO2 is 1. The van der Waals surface area contributed by atoms with Crippen LogP contribution in [0.3, 0.4) is 0 Å². The van der Waals surface area contributed by atoms with Gasteiger partial charge in [0.25, 0.3) is 0 Å². The fraction of sp³-hybridized carbons (Fsp3) is 0.704. The number of oxime groups is 1. The number of nitrogens with zero attached hydrogens (tertiary/aromatic N) is 3. The van der Waals surface area contributed by atoms with Crippen LogP contribution in [-0.2, 0) is 4.84 Å². The third kappa shape index (κ3) is 6.23. The SMILES string of the molecule is CCO/N=C1/CC=C(c2cc(N(C3CCC(O)CC3)C(O)C3CCC(C)CC3)c(C(=O)N=O)s2)CC1. The lowest BCUT2D eigenvalue weighted by atomic mass is 9.81. The standard InChI is InChI=1S/C27H39N3O5S/c1-3-35-29-20-10-8-18(9-11-20)24-16-23(25(36-24)26(32)28-34)30(21-12-14-22(31)15-13-21)27(33)19-6-4-17(2)5-7-19/h8,16-17,19,21-22,27,31,33H,3-7,9-15H2,1-2H3/b29-20-. The maximum absolute atomic E-state index is 12.7. The molecule has 1 amide bonds. The summed E-state index contributed by atoms with van der Waals surface area (Å²) in [7, 11) is 0. The molecule has 3 aliphatic carbocycles. The summed E-state index contributed by atoms with van der Waals surface area (Å²) in [4.78, 5) is 32.5. The molecule has 8 nitrogen and oxygen atoms in total. The van der Waals surface area contributed by atoms with Gasteiger partial charge in [-0.1, -0.05) is 31.0 Å². The topological polar surface area (TPSA) is 112 Å². The van der Waals surface area contributed by atoms with E-state index in [-0.39, 0.29) is 18.1 Å². The van der Waals surface area contributed by atoms with Crippen LogP contribution in [0.25, 0.3) is 5.57 Å². The summed E-state index contributed by atoms with van der Waals surface area (Å²) in [5.74, 6) is -0.0263. The second-order valence-corrected chi connectivity index (χ2v) is 11.6. The Morgan fingerprint density at radius 1 is 1.17 bits per heavy atom. The summed E-state index contributed by atoms with van der Waals surface area (Å²) in [6.45, 7) is 4.69. The van der Waals surface area contributed by atoms with Gasteiger partial charge in [-0.25, -0.2) is 0 Å². The van der Waals surface area contributed by atoms with Gasteiger partial charge in [0.2, 0.25) is 0 Å². The zero-order valence-electron chi connectivity index (χ0n) is 21.4. The molecule has 0 bridgehead atoms. The van der Waals surface area contributed by atoms with Crippen molar-refractivity contribution in [2.24, 2.45) is 22.2 Å². The Balaban J connectivity index is 1.68. The predicted octanol–water partition coefficient (Wildman–Crippen LogP) is 5.87. The summed E-state index contributed by atoms with van der Waals surface area (Å²) in [6.07, 6.45) is 10.1. The number of aliphatic hydroxyl groups excluding tert-OH is 2. The molecular formula is C27H39N3O5S. The highest BCUT2D eigenvalue weighted by Gasteiger charge is 2.37. The molecule has 4 rings (SSSR count). The monoisotopic (exact) mass is 517 g/mol. The number of aliphatic hydroxyl groups is 2. The summed E-state index contributed by atoms with van der Waals surface area (Å²) in [5, 5.41) is 28.8. The number of carbonyl (C=O) groups is 1. The molecule has 1 aromatic heterocycles. The van der Waals surface area contributed by atoms with Crippen LogP contribution >= 0.6 is 11.3 Å². The van der Waals surface area contributed by atoms with Crippen LogP contribution in [0, 0.1) is 16.7 Å². The second-order valence-electron chi connectivity index (χ2n) is 10.5. The Hall–Kier alpha value is -2.10. The molecule has 0 radical (unpaired) electrons. The molecule has 1 unspecified atom stereocenters. The van der Waals surface area contributed by atoms with Gasteiger partial charge in [0.1, 0.15) is 17.7 Å². The number of thiophene rings is 1. The van der Waals surface area contributed by atoms with E-state index in [0.29, 0.717) is 42.4 Å². The van der Waals surface area contributed by atoms with Crippen molar-refractivity contribution >= 4 is 34.2 Å². The van der Waals surface area contributed by atoms with Crippen molar-refractivity contribution < 1.29 is 19.8 Å². The van der Waals surface area contributed by atoms with E-state index in [1.165, 1.54) is 11.3 Å². The molecule has 1 atom stereocenters. The van der Waals surface area contributed by atoms with Gasteiger partial charge in [-0.3, -0.25) is 4.79 Å². The van der Waals surface area contributed by atoms with Crippen molar-refractivity contribution in [2.45, 2.75) is 103 Å². The van der Waals surface area contributed by atoms with Gasteiger partial charge in [-0.05, 0) is 75.8 Å². The van der Waals surface area contributed by atoms with Crippen molar-refractivity contribution in [3.05, 3.63) is 26.8 Å². The van der Waals surface area contributed by atoms with E-state index >= 15 is 0 Å². The van der Waals surface area contributed by atoms with Gasteiger partial charge in [0.15, 0.2) is 0 Å². The highest BCUT2D eigenvalue weighted by molar-refractivity contribution is 7.15. The van der Waals surface area contributed by atoms with E-state index in [1.54, 1.807) is 0 Å². The number of carbonyl (C=O) groups excluding carboxylic acids is 1. The van der Waals surface area contributed by atoms with Gasteiger partial charge in [0.05, 0.1) is 17.5 Å². The molecule has 198 valence electrons. The van der Waals surface area contributed by atoms with Crippen LogP contribution in [-0.4, -0.2) is 46.8 Å². The van der Waals surface area contributed by atoms with Gasteiger partial charge in [-0.15, -0.1) is 16.2 Å². The van der Waals surface area contributed by atoms with Crippen molar-refractivity contribution in [3.63, 3.8) is 0 Å². The summed E-state index contributed by atoms with van der Waals surface area (Å²) in [6, 6.07) is 1.97. The Morgan fingerprint density at radius 2 is 1.89 bits per heavy atom. The number of hydrogen-bond acceptors (Lipinski definition) is 8. The lowest BCUT2D eigenvalue weighted by Crippen LogP contribution is -2.50. The first-order valence-electron chi connectivity index (χ1n) is 13.4. The van der Waals surface area contributed by atoms with Crippen molar-refractivity contribution in [1.82, 2.24) is 0 Å². The zero-order chi connectivity index (χ0) is 25.7. The highest BCUT2D eigenvalue weighted by Crippen LogP contribution is 2.43. The lowest BCUT2D eigenvalue weighted by Gasteiger charge is -2.44. The average molecular weight is 518 g/mol. The minimum Gasteiger partial charge on any atom is -0.396 e. The fourth-order valence-corrected chi connectivity index (χ4v) is 6.92. The number of hydrogen-bond donors (Lipinski definition) is 2. The van der Waals surface area contributed by atoms with Crippen LogP contribution < -0.4 is 4.90 Å². The predicted molar refractivity (Wildman–Crippen MR) is 143 cm³/mol. The van der Waals surface area contributed by atoms with Crippen LogP contribution in [0.15, 0.2) is 22.5 Å². The molecule has 0 aromatic carbocycles. The molecule has 36 heavy (non-hydrogen) atoms. The van der Waals surface area contributed by atoms with E-state index in [4.69, 9.17) is 4.84 Å². The third-order valence-corrected chi connectivity index (χ3v) is 9.19. The average Bonchev–Trinajstić information content (AvgIpc) is 3.34. The molecule has 0 spiro atoms. The molecule has 9 heteroatoms. The normalized spacial score (nSPS) is 28.9. The molecule has 2 fully saturated rings. The van der Waals surface area contributed by atoms with Crippen molar-refractivity contribution in [2.75, 3.05) is 11.5 Å². The molecule has 0 aliphatic heterocycles. The molecule has 3 aliphatic rings. The molecule has 1 aromatic rings. The molecule has 1 heterocycles. The Kier molecular flexibility index (Phi) is 9.30. The number of allylic oxidation sites excluding steroid dienone is 2. The highest BCUT2D eigenvalue weighted by atomic mass is 32.1. The van der Waals surface area contributed by atoms with Crippen molar-refractivity contribution in [3.8, 4) is 0 Å². The first-order chi connectivity index (χ1) is 17.4. The van der Waals surface area contributed by atoms with Gasteiger partial charge >= 0.3 is 5.91 Å². The van der Waals surface area contributed by atoms with Crippen LogP contribution in [0.1, 0.15) is 99.0 Å². The number of rotatable bonds is 8. The minimum atomic E-state index is -0.790. The molecule has 2 saturated carbocycles. The maximum Gasteiger partial charge on any atom is 0.328 e. The Labute approximate surface area is 217 Å². The number of anilines is 1. The van der Waals surface area contributed by atoms with E-state index in [1.807, 2.05) is 17.9 Å². The summed E-state index contributed by atoms with van der Waals surface area (Å²) < 4.78 is 0. The van der Waals surface area contributed by atoms with Gasteiger partial charge in [0, 0.05) is 28.4 Å². The Morgan fingerprint density at radius 3 is 2.50 bits per heavy atom. The van der Waals surface area contributed by atoms with E-state index in [0.717, 1.165) is 67.5 Å². The third-order valence-electron chi connectivity index (χ3n) is 8.00. The second kappa shape index (κ2) is 12.4. The fourth-order valence-electron chi connectivity index (χ4n) is 5.82. The Bertz CT molecular complexity index is 974. The summed E-state index contributed by atoms with van der Waals surface area (Å²) >= 11 is 1.29.